The highest BCUT2D eigenvalue weighted by atomic mass is 35.5. The Balaban J connectivity index is 2.21. The van der Waals surface area contributed by atoms with Gasteiger partial charge in [0.2, 0.25) is 0 Å². The van der Waals surface area contributed by atoms with Crippen LogP contribution in [0.25, 0.3) is 0 Å². The maximum absolute atomic E-state index is 6.43. The minimum Gasteiger partial charge on any atom is -0.486 e. The van der Waals surface area contributed by atoms with E-state index >= 15 is 0 Å². The molecule has 0 bridgehead atoms. The molecular formula is C16H22ClNO2. The van der Waals surface area contributed by atoms with E-state index in [0.29, 0.717) is 29.9 Å². The SMILES string of the molecule is CC(C)c1c(C2(C)CCCN2)cc(Cl)c2c1OCCO2. The van der Waals surface area contributed by atoms with E-state index in [-0.39, 0.29) is 5.54 Å². The highest BCUT2D eigenvalue weighted by molar-refractivity contribution is 6.32. The number of ether oxygens (including phenoxy) is 2. The predicted octanol–water partition coefficient (Wildman–Crippen LogP) is 3.83. The van der Waals surface area contributed by atoms with Gasteiger partial charge < -0.3 is 14.8 Å². The first-order valence-corrected chi connectivity index (χ1v) is 7.78. The van der Waals surface area contributed by atoms with Crippen LogP contribution >= 0.6 is 11.6 Å². The van der Waals surface area contributed by atoms with Gasteiger partial charge in [0.15, 0.2) is 11.5 Å². The highest BCUT2D eigenvalue weighted by Gasteiger charge is 2.36. The Hall–Kier alpha value is -0.930. The van der Waals surface area contributed by atoms with Gasteiger partial charge in [-0.15, -0.1) is 0 Å². The number of hydrogen-bond donors (Lipinski definition) is 1. The summed E-state index contributed by atoms with van der Waals surface area (Å²) in [5, 5.41) is 4.28. The van der Waals surface area contributed by atoms with Crippen LogP contribution in [0.3, 0.4) is 0 Å². The molecule has 2 heterocycles. The van der Waals surface area contributed by atoms with Crippen LogP contribution in [0.15, 0.2) is 6.07 Å². The summed E-state index contributed by atoms with van der Waals surface area (Å²) >= 11 is 6.43. The van der Waals surface area contributed by atoms with Gasteiger partial charge in [-0.3, -0.25) is 0 Å². The third-order valence-corrected chi connectivity index (χ3v) is 4.63. The van der Waals surface area contributed by atoms with Crippen LogP contribution in [0.2, 0.25) is 5.02 Å². The van der Waals surface area contributed by atoms with E-state index in [1.165, 1.54) is 17.5 Å². The van der Waals surface area contributed by atoms with Gasteiger partial charge in [0.1, 0.15) is 13.2 Å². The lowest BCUT2D eigenvalue weighted by molar-refractivity contribution is 0.168. The minimum atomic E-state index is -0.0148. The zero-order chi connectivity index (χ0) is 14.3. The van der Waals surface area contributed by atoms with Gasteiger partial charge >= 0.3 is 0 Å². The lowest BCUT2D eigenvalue weighted by atomic mass is 9.82. The van der Waals surface area contributed by atoms with Gasteiger partial charge in [-0.2, -0.15) is 0 Å². The van der Waals surface area contributed by atoms with Crippen molar-refractivity contribution in [3.63, 3.8) is 0 Å². The minimum absolute atomic E-state index is 0.0148. The summed E-state index contributed by atoms with van der Waals surface area (Å²) in [5.41, 5.74) is 2.49. The molecule has 4 heteroatoms. The topological polar surface area (TPSA) is 30.5 Å². The highest BCUT2D eigenvalue weighted by Crippen LogP contribution is 2.48. The van der Waals surface area contributed by atoms with Crippen molar-refractivity contribution in [1.82, 2.24) is 5.32 Å². The molecule has 1 aromatic rings. The summed E-state index contributed by atoms with van der Waals surface area (Å²) in [5.74, 6) is 1.94. The maximum atomic E-state index is 6.43. The fourth-order valence-electron chi connectivity index (χ4n) is 3.34. The molecule has 0 radical (unpaired) electrons. The summed E-state index contributed by atoms with van der Waals surface area (Å²) < 4.78 is 11.6. The first-order chi connectivity index (χ1) is 9.53. The average molecular weight is 296 g/mol. The monoisotopic (exact) mass is 295 g/mol. The van der Waals surface area contributed by atoms with Crippen LogP contribution in [0.4, 0.5) is 0 Å². The normalized spacial score (nSPS) is 25.2. The van der Waals surface area contributed by atoms with Crippen molar-refractivity contribution in [2.45, 2.75) is 45.1 Å². The molecule has 110 valence electrons. The maximum Gasteiger partial charge on any atom is 0.180 e. The Morgan fingerprint density at radius 2 is 1.95 bits per heavy atom. The Kier molecular flexibility index (Phi) is 3.59. The van der Waals surface area contributed by atoms with E-state index in [1.54, 1.807) is 0 Å². The molecule has 1 unspecified atom stereocenters. The van der Waals surface area contributed by atoms with E-state index in [1.807, 2.05) is 0 Å². The molecular weight excluding hydrogens is 274 g/mol. The molecule has 1 atom stereocenters. The Morgan fingerprint density at radius 3 is 2.55 bits per heavy atom. The number of benzene rings is 1. The quantitative estimate of drug-likeness (QED) is 0.899. The van der Waals surface area contributed by atoms with Crippen molar-refractivity contribution in [2.75, 3.05) is 19.8 Å². The second kappa shape index (κ2) is 5.12. The van der Waals surface area contributed by atoms with Gasteiger partial charge in [-0.05, 0) is 43.9 Å². The second-order valence-corrected chi connectivity index (χ2v) is 6.60. The molecule has 3 nitrogen and oxygen atoms in total. The first-order valence-electron chi connectivity index (χ1n) is 7.40. The van der Waals surface area contributed by atoms with Crippen LogP contribution in [-0.2, 0) is 5.54 Å². The zero-order valence-electron chi connectivity index (χ0n) is 12.4. The van der Waals surface area contributed by atoms with E-state index in [0.717, 1.165) is 18.7 Å². The largest absolute Gasteiger partial charge is 0.486 e. The van der Waals surface area contributed by atoms with Crippen molar-refractivity contribution < 1.29 is 9.47 Å². The molecule has 0 spiro atoms. The van der Waals surface area contributed by atoms with E-state index in [9.17, 15) is 0 Å². The summed E-state index contributed by atoms with van der Waals surface area (Å²) in [4.78, 5) is 0. The van der Waals surface area contributed by atoms with Crippen LogP contribution in [0.1, 0.15) is 50.7 Å². The fourth-order valence-corrected chi connectivity index (χ4v) is 3.59. The van der Waals surface area contributed by atoms with Crippen LogP contribution in [0, 0.1) is 0 Å². The Morgan fingerprint density at radius 1 is 1.25 bits per heavy atom. The van der Waals surface area contributed by atoms with Gasteiger partial charge in [0, 0.05) is 11.1 Å². The summed E-state index contributed by atoms with van der Waals surface area (Å²) in [6.07, 6.45) is 2.32. The average Bonchev–Trinajstić information content (AvgIpc) is 2.86. The summed E-state index contributed by atoms with van der Waals surface area (Å²) in [6, 6.07) is 2.07. The second-order valence-electron chi connectivity index (χ2n) is 6.19. The van der Waals surface area contributed by atoms with Crippen LogP contribution in [0.5, 0.6) is 11.5 Å². The molecule has 1 fully saturated rings. The van der Waals surface area contributed by atoms with E-state index < -0.39 is 0 Å². The van der Waals surface area contributed by atoms with Crippen molar-refractivity contribution in [2.24, 2.45) is 0 Å². The lowest BCUT2D eigenvalue weighted by Crippen LogP contribution is -2.35. The fraction of sp³-hybridized carbons (Fsp3) is 0.625. The number of hydrogen-bond acceptors (Lipinski definition) is 3. The van der Waals surface area contributed by atoms with E-state index in [4.69, 9.17) is 21.1 Å². The molecule has 0 aliphatic carbocycles. The van der Waals surface area contributed by atoms with Crippen LogP contribution in [-0.4, -0.2) is 19.8 Å². The number of rotatable bonds is 2. The molecule has 1 aromatic carbocycles. The van der Waals surface area contributed by atoms with Crippen molar-refractivity contribution in [1.29, 1.82) is 0 Å². The lowest BCUT2D eigenvalue weighted by Gasteiger charge is -2.33. The standard InChI is InChI=1S/C16H22ClNO2/c1-10(2)13-11(16(3)5-4-6-18-16)9-12(17)14-15(13)20-8-7-19-14/h9-10,18H,4-8H2,1-3H3. The van der Waals surface area contributed by atoms with E-state index in [2.05, 4.69) is 32.2 Å². The molecule has 0 aromatic heterocycles. The first kappa shape index (κ1) is 14.0. The predicted molar refractivity (Wildman–Crippen MR) is 81.1 cm³/mol. The smallest absolute Gasteiger partial charge is 0.180 e. The van der Waals surface area contributed by atoms with Crippen molar-refractivity contribution >= 4 is 11.6 Å². The number of fused-ring (bicyclic) bond motifs is 1. The zero-order valence-corrected chi connectivity index (χ0v) is 13.1. The number of halogens is 1. The molecule has 2 aliphatic rings. The molecule has 3 rings (SSSR count). The third-order valence-electron chi connectivity index (χ3n) is 4.35. The molecule has 0 saturated carbocycles. The number of nitrogens with one attached hydrogen (secondary N) is 1. The van der Waals surface area contributed by atoms with Crippen LogP contribution < -0.4 is 14.8 Å². The summed E-state index contributed by atoms with van der Waals surface area (Å²) in [7, 11) is 0. The van der Waals surface area contributed by atoms with Gasteiger partial charge in [0.05, 0.1) is 5.02 Å². The molecule has 0 amide bonds. The Labute approximate surface area is 125 Å². The van der Waals surface area contributed by atoms with Gasteiger partial charge in [-0.1, -0.05) is 25.4 Å². The van der Waals surface area contributed by atoms with Gasteiger partial charge in [-0.25, -0.2) is 0 Å². The molecule has 20 heavy (non-hydrogen) atoms. The Bertz CT molecular complexity index is 522. The summed E-state index contributed by atoms with van der Waals surface area (Å²) in [6.45, 7) is 8.87. The van der Waals surface area contributed by atoms with Crippen molar-refractivity contribution in [3.8, 4) is 11.5 Å². The molecule has 2 aliphatic heterocycles. The molecule has 1 N–H and O–H groups in total. The van der Waals surface area contributed by atoms with Crippen molar-refractivity contribution in [3.05, 3.63) is 22.2 Å². The molecule has 1 saturated heterocycles. The third kappa shape index (κ3) is 2.17. The van der Waals surface area contributed by atoms with Gasteiger partial charge in [0.25, 0.3) is 0 Å².